The summed E-state index contributed by atoms with van der Waals surface area (Å²) >= 11 is 5.58. The normalized spacial score (nSPS) is 11.8. The van der Waals surface area contributed by atoms with Gasteiger partial charge in [0.05, 0.1) is 5.02 Å². The molecule has 0 heterocycles. The fraction of sp³-hybridized carbons (Fsp3) is 0.250. The first-order chi connectivity index (χ1) is 7.30. The Bertz CT molecular complexity index is 478. The number of sulfonamides is 1. The van der Waals surface area contributed by atoms with E-state index in [-0.39, 0.29) is 15.7 Å². The van der Waals surface area contributed by atoms with E-state index >= 15 is 0 Å². The lowest BCUT2D eigenvalue weighted by Gasteiger charge is -2.07. The van der Waals surface area contributed by atoms with Gasteiger partial charge in [0, 0.05) is 6.07 Å². The molecule has 0 aliphatic rings. The third-order valence-electron chi connectivity index (χ3n) is 1.59. The molecule has 0 spiro atoms. The average molecular weight is 272 g/mol. The predicted octanol–water partition coefficient (Wildman–Crippen LogP) is 1.63. The molecule has 0 fully saturated rings. The molecule has 1 rings (SSSR count). The zero-order valence-electron chi connectivity index (χ0n) is 7.86. The number of hydrogen-bond donors (Lipinski definition) is 1. The topological polar surface area (TPSA) is 69.4 Å². The lowest BCUT2D eigenvalue weighted by Crippen LogP contribution is -2.13. The van der Waals surface area contributed by atoms with Crippen molar-refractivity contribution in [1.82, 2.24) is 0 Å². The molecule has 0 aromatic heterocycles. The number of ether oxygens (including phenoxy) is 1. The summed E-state index contributed by atoms with van der Waals surface area (Å²) < 4.78 is 50.4. The van der Waals surface area contributed by atoms with Crippen molar-refractivity contribution in [3.63, 3.8) is 0 Å². The Kier molecular flexibility index (Phi) is 4.06. The molecule has 4 nitrogen and oxygen atoms in total. The summed E-state index contributed by atoms with van der Waals surface area (Å²) in [5.41, 5.74) is 0. The van der Waals surface area contributed by atoms with Gasteiger partial charge in [-0.15, -0.1) is 0 Å². The van der Waals surface area contributed by atoms with Crippen molar-refractivity contribution in [2.75, 3.05) is 6.61 Å². The maximum Gasteiger partial charge on any atom is 0.272 e. The van der Waals surface area contributed by atoms with Crippen LogP contribution in [0.25, 0.3) is 0 Å². The highest BCUT2D eigenvalue weighted by molar-refractivity contribution is 7.89. The summed E-state index contributed by atoms with van der Waals surface area (Å²) in [4.78, 5) is -0.360. The Balaban J connectivity index is 2.99. The minimum Gasteiger partial charge on any atom is -0.488 e. The van der Waals surface area contributed by atoms with Crippen LogP contribution in [-0.4, -0.2) is 21.5 Å². The second kappa shape index (κ2) is 4.94. The number of alkyl halides is 2. The molecule has 1 aromatic rings. The van der Waals surface area contributed by atoms with Crippen molar-refractivity contribution < 1.29 is 21.9 Å². The van der Waals surface area contributed by atoms with Crippen LogP contribution in [0, 0.1) is 0 Å². The minimum atomic E-state index is -3.99. The van der Waals surface area contributed by atoms with Crippen LogP contribution in [0.1, 0.15) is 0 Å². The fourth-order valence-corrected chi connectivity index (χ4v) is 2.01. The lowest BCUT2D eigenvalue weighted by molar-refractivity contribution is 0.0818. The molecule has 0 bridgehead atoms. The maximum atomic E-state index is 11.8. The van der Waals surface area contributed by atoms with Crippen LogP contribution < -0.4 is 9.88 Å². The highest BCUT2D eigenvalue weighted by atomic mass is 35.5. The van der Waals surface area contributed by atoms with Crippen molar-refractivity contribution in [2.45, 2.75) is 11.3 Å². The van der Waals surface area contributed by atoms with Gasteiger partial charge in [0.1, 0.15) is 17.3 Å². The van der Waals surface area contributed by atoms with E-state index in [1.165, 1.54) is 12.1 Å². The molecular formula is C8H8ClF2NO3S. The van der Waals surface area contributed by atoms with Gasteiger partial charge in [0.2, 0.25) is 10.0 Å². The minimum absolute atomic E-state index is 0.0336. The Labute approximate surface area is 96.0 Å². The molecule has 16 heavy (non-hydrogen) atoms. The summed E-state index contributed by atoms with van der Waals surface area (Å²) in [6.07, 6.45) is -2.64. The van der Waals surface area contributed by atoms with Gasteiger partial charge in [0.15, 0.2) is 0 Å². The third-order valence-corrected chi connectivity index (χ3v) is 2.98. The van der Waals surface area contributed by atoms with Gasteiger partial charge < -0.3 is 4.74 Å². The SMILES string of the molecule is NS(=O)(=O)c1cc(OCC(F)F)ccc1Cl. The summed E-state index contributed by atoms with van der Waals surface area (Å²) in [7, 11) is -3.99. The molecule has 0 amide bonds. The number of nitrogens with two attached hydrogens (primary N) is 1. The van der Waals surface area contributed by atoms with Gasteiger partial charge in [-0.25, -0.2) is 22.3 Å². The molecule has 0 atom stereocenters. The highest BCUT2D eigenvalue weighted by Gasteiger charge is 2.14. The molecule has 0 unspecified atom stereocenters. The number of primary sulfonamides is 1. The van der Waals surface area contributed by atoms with Crippen molar-refractivity contribution in [2.24, 2.45) is 5.14 Å². The molecule has 0 saturated heterocycles. The summed E-state index contributed by atoms with van der Waals surface area (Å²) in [6, 6.07) is 3.49. The Hall–Kier alpha value is -0.920. The van der Waals surface area contributed by atoms with Crippen LogP contribution >= 0.6 is 11.6 Å². The number of benzene rings is 1. The van der Waals surface area contributed by atoms with Gasteiger partial charge in [-0.3, -0.25) is 0 Å². The molecule has 0 aliphatic heterocycles. The third kappa shape index (κ3) is 3.58. The first-order valence-electron chi connectivity index (χ1n) is 4.04. The quantitative estimate of drug-likeness (QED) is 0.905. The highest BCUT2D eigenvalue weighted by Crippen LogP contribution is 2.25. The smallest absolute Gasteiger partial charge is 0.272 e. The van der Waals surface area contributed by atoms with E-state index in [9.17, 15) is 17.2 Å². The Morgan fingerprint density at radius 3 is 2.56 bits per heavy atom. The number of rotatable bonds is 4. The van der Waals surface area contributed by atoms with E-state index in [0.29, 0.717) is 0 Å². The maximum absolute atomic E-state index is 11.8. The van der Waals surface area contributed by atoms with E-state index in [2.05, 4.69) is 4.74 Å². The van der Waals surface area contributed by atoms with E-state index in [4.69, 9.17) is 16.7 Å². The van der Waals surface area contributed by atoms with Gasteiger partial charge in [-0.2, -0.15) is 0 Å². The monoisotopic (exact) mass is 271 g/mol. The van der Waals surface area contributed by atoms with E-state index in [1.54, 1.807) is 0 Å². The zero-order valence-corrected chi connectivity index (χ0v) is 9.43. The van der Waals surface area contributed by atoms with Crippen molar-refractivity contribution in [3.8, 4) is 5.75 Å². The van der Waals surface area contributed by atoms with E-state index in [0.717, 1.165) is 6.07 Å². The van der Waals surface area contributed by atoms with Crippen molar-refractivity contribution in [1.29, 1.82) is 0 Å². The largest absolute Gasteiger partial charge is 0.488 e. The van der Waals surface area contributed by atoms with Crippen LogP contribution in [0.2, 0.25) is 5.02 Å². The molecular weight excluding hydrogens is 264 g/mol. The summed E-state index contributed by atoms with van der Waals surface area (Å²) in [5.74, 6) is -0.0336. The predicted molar refractivity (Wildman–Crippen MR) is 54.3 cm³/mol. The second-order valence-electron chi connectivity index (χ2n) is 2.84. The first kappa shape index (κ1) is 13.1. The Morgan fingerprint density at radius 1 is 1.44 bits per heavy atom. The van der Waals surface area contributed by atoms with Crippen molar-refractivity contribution in [3.05, 3.63) is 23.2 Å². The fourth-order valence-electron chi connectivity index (χ4n) is 0.951. The van der Waals surface area contributed by atoms with Gasteiger partial charge in [-0.1, -0.05) is 11.6 Å². The zero-order chi connectivity index (χ0) is 12.3. The molecule has 0 radical (unpaired) electrons. The van der Waals surface area contributed by atoms with Gasteiger partial charge in [-0.05, 0) is 12.1 Å². The van der Waals surface area contributed by atoms with Gasteiger partial charge in [0.25, 0.3) is 6.43 Å². The molecule has 0 aliphatic carbocycles. The average Bonchev–Trinajstić information content (AvgIpc) is 2.14. The lowest BCUT2D eigenvalue weighted by atomic mass is 10.3. The molecule has 1 aromatic carbocycles. The molecule has 2 N–H and O–H groups in total. The van der Waals surface area contributed by atoms with Crippen molar-refractivity contribution >= 4 is 21.6 Å². The first-order valence-corrected chi connectivity index (χ1v) is 5.96. The van der Waals surface area contributed by atoms with Crippen LogP contribution in [0.3, 0.4) is 0 Å². The van der Waals surface area contributed by atoms with Crippen LogP contribution in [0.4, 0.5) is 8.78 Å². The van der Waals surface area contributed by atoms with E-state index in [1.807, 2.05) is 0 Å². The van der Waals surface area contributed by atoms with E-state index < -0.39 is 23.1 Å². The summed E-state index contributed by atoms with van der Waals surface area (Å²) in [5, 5.41) is 4.78. The van der Waals surface area contributed by atoms with Crippen LogP contribution in [0.15, 0.2) is 23.1 Å². The second-order valence-corrected chi connectivity index (χ2v) is 4.78. The van der Waals surface area contributed by atoms with Crippen LogP contribution in [0.5, 0.6) is 5.75 Å². The van der Waals surface area contributed by atoms with Crippen LogP contribution in [-0.2, 0) is 10.0 Å². The summed E-state index contributed by atoms with van der Waals surface area (Å²) in [6.45, 7) is -0.828. The number of hydrogen-bond acceptors (Lipinski definition) is 3. The van der Waals surface area contributed by atoms with Gasteiger partial charge >= 0.3 is 0 Å². The molecule has 8 heteroatoms. The standard InChI is InChI=1S/C8H8ClF2NO3S/c9-6-2-1-5(15-4-8(10)11)3-7(6)16(12,13)14/h1-3,8H,4H2,(H2,12,13,14). The number of halogens is 3. The molecule has 0 saturated carbocycles. The Morgan fingerprint density at radius 2 is 2.06 bits per heavy atom. The molecule has 90 valence electrons.